The van der Waals surface area contributed by atoms with Crippen LogP contribution in [0.1, 0.15) is 41.7 Å². The minimum Gasteiger partial charge on any atom is -0.393 e. The van der Waals surface area contributed by atoms with Crippen LogP contribution in [0.5, 0.6) is 0 Å². The van der Waals surface area contributed by atoms with E-state index in [0.29, 0.717) is 42.8 Å². The molecular formula is C27H28N6O4. The molecule has 1 fully saturated rings. The Hall–Kier alpha value is -4.15. The number of nitrogens with two attached hydrogens (primary N) is 1. The molecule has 0 unspecified atom stereocenters. The number of carbonyl (C=O) groups excluding carboxylic acids is 2. The highest BCUT2D eigenvalue weighted by Crippen LogP contribution is 2.35. The van der Waals surface area contributed by atoms with Crippen molar-refractivity contribution < 1.29 is 19.8 Å². The number of ketones is 1. The molecule has 5 rings (SSSR count). The van der Waals surface area contributed by atoms with Crippen molar-refractivity contribution in [2.24, 2.45) is 0 Å². The maximum absolute atomic E-state index is 12.6. The van der Waals surface area contributed by atoms with Crippen LogP contribution < -0.4 is 5.73 Å². The van der Waals surface area contributed by atoms with Gasteiger partial charge in [0.05, 0.1) is 29.8 Å². The van der Waals surface area contributed by atoms with Crippen LogP contribution in [0.2, 0.25) is 0 Å². The summed E-state index contributed by atoms with van der Waals surface area (Å²) in [7, 11) is 0. The van der Waals surface area contributed by atoms with Gasteiger partial charge in [0, 0.05) is 41.9 Å². The molecule has 0 saturated carbocycles. The van der Waals surface area contributed by atoms with Crippen molar-refractivity contribution in [2.45, 2.75) is 31.8 Å². The standard InChI is InChI=1S/C27H28N6O4/c1-16(35)23-24(18-9-11-32(12-10-18)27(37)22(36)15-34)31-26-20(14-30-33(26)25(23)28)19-7-8-21(29-13-19)17-5-3-2-4-6-17/h2-8,13-14,18,22,34,36H,9-12,15,28H2,1H3/t22-/m1/s1. The predicted octanol–water partition coefficient (Wildman–Crippen LogP) is 2.30. The molecule has 1 aliphatic rings. The molecule has 190 valence electrons. The summed E-state index contributed by atoms with van der Waals surface area (Å²) in [5.74, 6) is -0.591. The van der Waals surface area contributed by atoms with Crippen LogP contribution in [0.25, 0.3) is 28.0 Å². The molecule has 0 radical (unpaired) electrons. The van der Waals surface area contributed by atoms with Crippen molar-refractivity contribution in [3.63, 3.8) is 0 Å². The van der Waals surface area contributed by atoms with Crippen molar-refractivity contribution in [1.82, 2.24) is 24.5 Å². The molecule has 3 aromatic heterocycles. The molecule has 0 aliphatic carbocycles. The van der Waals surface area contributed by atoms with Crippen LogP contribution in [-0.2, 0) is 4.79 Å². The Morgan fingerprint density at radius 1 is 1.08 bits per heavy atom. The number of piperidine rings is 1. The Bertz CT molecular complexity index is 1440. The zero-order chi connectivity index (χ0) is 26.1. The van der Waals surface area contributed by atoms with Crippen molar-refractivity contribution in [3.8, 4) is 22.4 Å². The zero-order valence-corrected chi connectivity index (χ0v) is 20.4. The van der Waals surface area contributed by atoms with E-state index in [0.717, 1.165) is 22.4 Å². The quantitative estimate of drug-likeness (QED) is 0.342. The number of aliphatic hydroxyl groups is 2. The smallest absolute Gasteiger partial charge is 0.253 e. The van der Waals surface area contributed by atoms with Gasteiger partial charge in [-0.3, -0.25) is 14.6 Å². The number of anilines is 1. The SMILES string of the molecule is CC(=O)c1c(C2CCN(C(=O)[C@H](O)CO)CC2)nc2c(-c3ccc(-c4ccccc4)nc3)cnn2c1N. The summed E-state index contributed by atoms with van der Waals surface area (Å²) in [6.07, 6.45) is 3.11. The highest BCUT2D eigenvalue weighted by Gasteiger charge is 2.31. The van der Waals surface area contributed by atoms with E-state index in [9.17, 15) is 14.7 Å². The number of carbonyl (C=O) groups is 2. The molecule has 10 heteroatoms. The molecule has 10 nitrogen and oxygen atoms in total. The van der Waals surface area contributed by atoms with Crippen LogP contribution in [0.4, 0.5) is 5.82 Å². The van der Waals surface area contributed by atoms with Gasteiger partial charge in [0.2, 0.25) is 0 Å². The third-order valence-corrected chi connectivity index (χ3v) is 6.86. The number of Topliss-reactive ketones (excluding diaryl/α,β-unsaturated/α-hetero) is 1. The van der Waals surface area contributed by atoms with E-state index in [1.165, 1.54) is 16.3 Å². The number of pyridine rings is 1. The number of hydrogen-bond acceptors (Lipinski definition) is 8. The lowest BCUT2D eigenvalue weighted by molar-refractivity contribution is -0.143. The van der Waals surface area contributed by atoms with Crippen molar-refractivity contribution >= 4 is 23.2 Å². The first-order valence-corrected chi connectivity index (χ1v) is 12.2. The molecule has 1 aliphatic heterocycles. The normalized spacial score (nSPS) is 15.2. The summed E-state index contributed by atoms with van der Waals surface area (Å²) >= 11 is 0. The summed E-state index contributed by atoms with van der Waals surface area (Å²) in [5.41, 5.74) is 11.3. The number of aromatic nitrogens is 4. The Morgan fingerprint density at radius 2 is 1.81 bits per heavy atom. The number of likely N-dealkylation sites (tertiary alicyclic amines) is 1. The van der Waals surface area contributed by atoms with Crippen LogP contribution in [0, 0.1) is 0 Å². The monoisotopic (exact) mass is 500 g/mol. The van der Waals surface area contributed by atoms with E-state index >= 15 is 0 Å². The number of amides is 1. The minimum atomic E-state index is -1.43. The molecule has 1 atom stereocenters. The molecule has 4 heterocycles. The lowest BCUT2D eigenvalue weighted by Crippen LogP contribution is -2.44. The number of nitrogen functional groups attached to an aromatic ring is 1. The Morgan fingerprint density at radius 3 is 2.43 bits per heavy atom. The zero-order valence-electron chi connectivity index (χ0n) is 20.4. The third-order valence-electron chi connectivity index (χ3n) is 6.86. The Kier molecular flexibility index (Phi) is 6.68. The van der Waals surface area contributed by atoms with Gasteiger partial charge in [0.25, 0.3) is 5.91 Å². The van der Waals surface area contributed by atoms with Gasteiger partial charge < -0.3 is 20.8 Å². The summed E-state index contributed by atoms with van der Waals surface area (Å²) in [6, 6.07) is 13.8. The maximum atomic E-state index is 12.6. The number of hydrogen-bond donors (Lipinski definition) is 3. The second kappa shape index (κ2) is 10.1. The van der Waals surface area contributed by atoms with E-state index < -0.39 is 18.6 Å². The number of aliphatic hydroxyl groups excluding tert-OH is 2. The summed E-state index contributed by atoms with van der Waals surface area (Å²) in [5, 5.41) is 23.2. The molecule has 4 N–H and O–H groups in total. The average molecular weight is 501 g/mol. The van der Waals surface area contributed by atoms with Gasteiger partial charge in [0.15, 0.2) is 17.5 Å². The minimum absolute atomic E-state index is 0.108. The lowest BCUT2D eigenvalue weighted by Gasteiger charge is -2.33. The topological polar surface area (TPSA) is 147 Å². The van der Waals surface area contributed by atoms with Crippen molar-refractivity contribution in [1.29, 1.82) is 0 Å². The third kappa shape index (κ3) is 4.56. The van der Waals surface area contributed by atoms with Gasteiger partial charge in [-0.2, -0.15) is 9.61 Å². The van der Waals surface area contributed by atoms with Gasteiger partial charge in [-0.25, -0.2) is 4.98 Å². The average Bonchev–Trinajstić information content (AvgIpc) is 3.37. The first kappa shape index (κ1) is 24.5. The molecule has 4 aromatic rings. The molecule has 37 heavy (non-hydrogen) atoms. The van der Waals surface area contributed by atoms with Crippen LogP contribution >= 0.6 is 0 Å². The van der Waals surface area contributed by atoms with Gasteiger partial charge >= 0.3 is 0 Å². The first-order valence-electron chi connectivity index (χ1n) is 12.2. The molecule has 1 amide bonds. The number of benzene rings is 1. The van der Waals surface area contributed by atoms with Gasteiger partial charge in [-0.1, -0.05) is 36.4 Å². The predicted molar refractivity (Wildman–Crippen MR) is 138 cm³/mol. The molecule has 0 bridgehead atoms. The first-order chi connectivity index (χ1) is 17.9. The fourth-order valence-electron chi connectivity index (χ4n) is 4.89. The fraction of sp³-hybridized carbons (Fsp3) is 0.296. The second-order valence-corrected chi connectivity index (χ2v) is 9.20. The Labute approximate surface area is 213 Å². The molecular weight excluding hydrogens is 472 g/mol. The largest absolute Gasteiger partial charge is 0.393 e. The molecule has 0 spiro atoms. The van der Waals surface area contributed by atoms with Crippen LogP contribution in [-0.4, -0.2) is 72.2 Å². The van der Waals surface area contributed by atoms with Crippen LogP contribution in [0.3, 0.4) is 0 Å². The van der Waals surface area contributed by atoms with Crippen molar-refractivity contribution in [3.05, 3.63) is 66.1 Å². The highest BCUT2D eigenvalue weighted by molar-refractivity contribution is 6.00. The summed E-state index contributed by atoms with van der Waals surface area (Å²) in [4.78, 5) is 35.9. The van der Waals surface area contributed by atoms with E-state index in [2.05, 4.69) is 10.1 Å². The van der Waals surface area contributed by atoms with E-state index in [-0.39, 0.29) is 17.5 Å². The number of nitrogens with zero attached hydrogens (tertiary/aromatic N) is 5. The second-order valence-electron chi connectivity index (χ2n) is 9.20. The van der Waals surface area contributed by atoms with E-state index in [4.69, 9.17) is 15.8 Å². The van der Waals surface area contributed by atoms with E-state index in [1.807, 2.05) is 42.5 Å². The van der Waals surface area contributed by atoms with Gasteiger partial charge in [0.1, 0.15) is 5.82 Å². The summed E-state index contributed by atoms with van der Waals surface area (Å²) < 4.78 is 1.48. The van der Waals surface area contributed by atoms with Crippen LogP contribution in [0.15, 0.2) is 54.9 Å². The maximum Gasteiger partial charge on any atom is 0.253 e. The fourth-order valence-corrected chi connectivity index (χ4v) is 4.89. The molecule has 1 aromatic carbocycles. The van der Waals surface area contributed by atoms with Gasteiger partial charge in [-0.15, -0.1) is 0 Å². The number of rotatable bonds is 6. The van der Waals surface area contributed by atoms with E-state index in [1.54, 1.807) is 12.4 Å². The highest BCUT2D eigenvalue weighted by atomic mass is 16.3. The number of fused-ring (bicyclic) bond motifs is 1. The van der Waals surface area contributed by atoms with Crippen molar-refractivity contribution in [2.75, 3.05) is 25.4 Å². The Balaban J connectivity index is 1.50. The molecule has 1 saturated heterocycles. The lowest BCUT2D eigenvalue weighted by atomic mass is 9.89. The summed E-state index contributed by atoms with van der Waals surface area (Å²) in [6.45, 7) is 1.59. The van der Waals surface area contributed by atoms with Gasteiger partial charge in [-0.05, 0) is 25.8 Å².